The molecule has 1 aromatic heterocycles. The van der Waals surface area contributed by atoms with Crippen LogP contribution in [0.2, 0.25) is 0 Å². The molecular weight excluding hydrogens is 249 g/mol. The molecule has 94 valence electrons. The normalized spacial score (nSPS) is 9.68. The van der Waals surface area contributed by atoms with Gasteiger partial charge in [0, 0.05) is 6.20 Å². The van der Waals surface area contributed by atoms with Crippen LogP contribution in [0.5, 0.6) is 0 Å². The number of nitrogens with one attached hydrogen (secondary N) is 1. The van der Waals surface area contributed by atoms with E-state index in [0.29, 0.717) is 5.69 Å². The van der Waals surface area contributed by atoms with Gasteiger partial charge in [0.1, 0.15) is 17.7 Å². The molecule has 1 heterocycles. The number of carboxylic acid groups (broad SMARTS) is 1. The first-order chi connectivity index (χ1) is 9.10. The number of nitrogens with zero attached hydrogens (tertiary/aromatic N) is 2. The number of pyridine rings is 1. The zero-order valence-electron chi connectivity index (χ0n) is 9.59. The van der Waals surface area contributed by atoms with Crippen LogP contribution in [0.25, 0.3) is 0 Å². The van der Waals surface area contributed by atoms with Crippen molar-refractivity contribution in [1.29, 1.82) is 5.26 Å². The molecule has 19 heavy (non-hydrogen) atoms. The molecule has 0 aliphatic rings. The molecule has 1 aromatic carbocycles. The summed E-state index contributed by atoms with van der Waals surface area (Å²) in [5.74, 6) is -1.33. The van der Waals surface area contributed by atoms with Crippen LogP contribution in [-0.2, 0) is 0 Å². The lowest BCUT2D eigenvalue weighted by Gasteiger charge is -2.07. The number of rotatable bonds is 3. The van der Waals surface area contributed by atoms with Gasteiger partial charge in [0.25, 0.3) is 0 Å². The molecule has 0 saturated carbocycles. The highest BCUT2D eigenvalue weighted by molar-refractivity contribution is 5.88. The number of aromatic nitrogens is 1. The van der Waals surface area contributed by atoms with Gasteiger partial charge in [-0.25, -0.2) is 14.2 Å². The van der Waals surface area contributed by atoms with Gasteiger partial charge in [-0.2, -0.15) is 5.26 Å². The van der Waals surface area contributed by atoms with Crippen molar-refractivity contribution in [1.82, 2.24) is 4.98 Å². The molecule has 0 aliphatic carbocycles. The Hall–Kier alpha value is -2.94. The Balaban J connectivity index is 2.34. The molecule has 0 spiro atoms. The van der Waals surface area contributed by atoms with Gasteiger partial charge in [-0.3, -0.25) is 0 Å². The molecule has 0 atom stereocenters. The van der Waals surface area contributed by atoms with Crippen molar-refractivity contribution in [3.63, 3.8) is 0 Å². The fourth-order valence-corrected chi connectivity index (χ4v) is 1.49. The Labute approximate surface area is 108 Å². The molecule has 2 rings (SSSR count). The first kappa shape index (κ1) is 12.5. The average molecular weight is 257 g/mol. The average Bonchev–Trinajstić information content (AvgIpc) is 2.41. The summed E-state index contributed by atoms with van der Waals surface area (Å²) in [7, 11) is 0. The van der Waals surface area contributed by atoms with Gasteiger partial charge < -0.3 is 10.4 Å². The van der Waals surface area contributed by atoms with Gasteiger partial charge in [0.15, 0.2) is 0 Å². The Morgan fingerprint density at radius 2 is 2.16 bits per heavy atom. The van der Waals surface area contributed by atoms with Crippen LogP contribution in [0, 0.1) is 17.1 Å². The summed E-state index contributed by atoms with van der Waals surface area (Å²) in [6.07, 6.45) is 1.33. The SMILES string of the molecule is N#Cc1cc(F)ccc1Nc1cc(C(=O)O)ccn1. The lowest BCUT2D eigenvalue weighted by molar-refractivity contribution is 0.0697. The summed E-state index contributed by atoms with van der Waals surface area (Å²) >= 11 is 0. The van der Waals surface area contributed by atoms with Crippen LogP contribution in [0.4, 0.5) is 15.9 Å². The van der Waals surface area contributed by atoms with E-state index >= 15 is 0 Å². The maximum atomic E-state index is 13.0. The molecule has 0 amide bonds. The van der Waals surface area contributed by atoms with Gasteiger partial charge in [-0.05, 0) is 30.3 Å². The third kappa shape index (κ3) is 2.84. The van der Waals surface area contributed by atoms with Crippen molar-refractivity contribution in [3.8, 4) is 6.07 Å². The first-order valence-corrected chi connectivity index (χ1v) is 5.26. The highest BCUT2D eigenvalue weighted by Gasteiger charge is 2.07. The zero-order valence-corrected chi connectivity index (χ0v) is 9.59. The molecule has 0 fully saturated rings. The number of anilines is 2. The van der Waals surface area contributed by atoms with Crippen LogP contribution < -0.4 is 5.32 Å². The molecule has 0 aliphatic heterocycles. The second kappa shape index (κ2) is 5.14. The van der Waals surface area contributed by atoms with Crippen molar-refractivity contribution in [3.05, 3.63) is 53.5 Å². The monoisotopic (exact) mass is 257 g/mol. The minimum absolute atomic E-state index is 0.0677. The van der Waals surface area contributed by atoms with Crippen LogP contribution >= 0.6 is 0 Å². The van der Waals surface area contributed by atoms with Crippen molar-refractivity contribution in [2.45, 2.75) is 0 Å². The summed E-state index contributed by atoms with van der Waals surface area (Å²) in [5, 5.41) is 20.5. The van der Waals surface area contributed by atoms with E-state index in [-0.39, 0.29) is 16.9 Å². The molecule has 6 heteroatoms. The van der Waals surface area contributed by atoms with E-state index in [9.17, 15) is 9.18 Å². The number of benzene rings is 1. The molecule has 0 bridgehead atoms. The number of hydrogen-bond acceptors (Lipinski definition) is 4. The number of carboxylic acids is 1. The Bertz CT molecular complexity index is 680. The smallest absolute Gasteiger partial charge is 0.335 e. The fraction of sp³-hybridized carbons (Fsp3) is 0. The minimum atomic E-state index is -1.08. The standard InChI is InChI=1S/C13H8FN3O2/c14-10-1-2-11(9(5-10)7-15)17-12-6-8(13(18)19)3-4-16-12/h1-6H,(H,16,17)(H,18,19). The number of nitriles is 1. The Morgan fingerprint density at radius 1 is 1.37 bits per heavy atom. The van der Waals surface area contributed by atoms with Gasteiger partial charge in [-0.1, -0.05) is 0 Å². The highest BCUT2D eigenvalue weighted by Crippen LogP contribution is 2.20. The number of hydrogen-bond donors (Lipinski definition) is 2. The van der Waals surface area contributed by atoms with Crippen molar-refractivity contribution >= 4 is 17.5 Å². The summed E-state index contributed by atoms with van der Waals surface area (Å²) in [4.78, 5) is 14.8. The number of carbonyl (C=O) groups is 1. The van der Waals surface area contributed by atoms with Gasteiger partial charge in [-0.15, -0.1) is 0 Å². The molecule has 0 radical (unpaired) electrons. The third-order valence-electron chi connectivity index (χ3n) is 2.37. The fourth-order valence-electron chi connectivity index (χ4n) is 1.49. The van der Waals surface area contributed by atoms with Gasteiger partial charge >= 0.3 is 5.97 Å². The molecular formula is C13H8FN3O2. The largest absolute Gasteiger partial charge is 0.478 e. The minimum Gasteiger partial charge on any atom is -0.478 e. The van der Waals surface area contributed by atoms with Crippen molar-refractivity contribution in [2.75, 3.05) is 5.32 Å². The summed E-state index contributed by atoms with van der Waals surface area (Å²) in [6.45, 7) is 0. The van der Waals surface area contributed by atoms with Crippen molar-refractivity contribution in [2.24, 2.45) is 0 Å². The van der Waals surface area contributed by atoms with E-state index in [4.69, 9.17) is 10.4 Å². The zero-order chi connectivity index (χ0) is 13.8. The molecule has 5 nitrogen and oxygen atoms in total. The third-order valence-corrected chi connectivity index (χ3v) is 2.37. The lowest BCUT2D eigenvalue weighted by Crippen LogP contribution is -2.01. The predicted octanol–water partition coefficient (Wildman–Crippen LogP) is 2.53. The summed E-state index contributed by atoms with van der Waals surface area (Å²) in [5.41, 5.74) is 0.541. The van der Waals surface area contributed by atoms with E-state index in [1.807, 2.05) is 6.07 Å². The van der Waals surface area contributed by atoms with Crippen LogP contribution in [0.15, 0.2) is 36.5 Å². The van der Waals surface area contributed by atoms with E-state index in [2.05, 4.69) is 10.3 Å². The quantitative estimate of drug-likeness (QED) is 0.882. The molecule has 0 unspecified atom stereocenters. The highest BCUT2D eigenvalue weighted by atomic mass is 19.1. The van der Waals surface area contributed by atoms with E-state index < -0.39 is 11.8 Å². The Morgan fingerprint density at radius 3 is 2.84 bits per heavy atom. The second-order valence-electron chi connectivity index (χ2n) is 3.66. The lowest BCUT2D eigenvalue weighted by atomic mass is 10.2. The van der Waals surface area contributed by atoms with Gasteiger partial charge in [0.2, 0.25) is 0 Å². The van der Waals surface area contributed by atoms with Crippen molar-refractivity contribution < 1.29 is 14.3 Å². The summed E-state index contributed by atoms with van der Waals surface area (Å²) in [6, 6.07) is 8.20. The summed E-state index contributed by atoms with van der Waals surface area (Å²) < 4.78 is 13.0. The van der Waals surface area contributed by atoms with Crippen LogP contribution in [-0.4, -0.2) is 16.1 Å². The maximum Gasteiger partial charge on any atom is 0.335 e. The van der Waals surface area contributed by atoms with Gasteiger partial charge in [0.05, 0.1) is 16.8 Å². The first-order valence-electron chi connectivity index (χ1n) is 5.26. The van der Waals surface area contributed by atoms with Crippen LogP contribution in [0.1, 0.15) is 15.9 Å². The second-order valence-corrected chi connectivity index (χ2v) is 3.66. The number of halogens is 1. The predicted molar refractivity (Wildman–Crippen MR) is 65.6 cm³/mol. The van der Waals surface area contributed by atoms with E-state index in [1.165, 1.54) is 30.5 Å². The molecule has 2 N–H and O–H groups in total. The maximum absolute atomic E-state index is 13.0. The topological polar surface area (TPSA) is 86.0 Å². The van der Waals surface area contributed by atoms with E-state index in [1.54, 1.807) is 0 Å². The van der Waals surface area contributed by atoms with Crippen LogP contribution in [0.3, 0.4) is 0 Å². The molecule has 2 aromatic rings. The number of aromatic carboxylic acids is 1. The van der Waals surface area contributed by atoms with E-state index in [0.717, 1.165) is 6.07 Å². The molecule has 0 saturated heterocycles. The Kier molecular flexibility index (Phi) is 3.39.